The molecule has 11 aromatic rings. The van der Waals surface area contributed by atoms with Gasteiger partial charge in [0, 0.05) is 89.0 Å². The van der Waals surface area contributed by atoms with E-state index in [1.54, 1.807) is 61.1 Å². The number of nitrogens with zero attached hydrogens (tertiary/aromatic N) is 8. The molecule has 0 atom stereocenters. The number of hydrogen-bond acceptors (Lipinski definition) is 14. The molecule has 80 heavy (non-hydrogen) atoms. The fraction of sp³-hybridized carbons (Fsp3) is 0.167. The summed E-state index contributed by atoms with van der Waals surface area (Å²) in [6.07, 6.45) is 8.85. The van der Waals surface area contributed by atoms with E-state index in [4.69, 9.17) is 46.0 Å². The van der Waals surface area contributed by atoms with Gasteiger partial charge >= 0.3 is 56.5 Å². The number of aromatic nitrogens is 8. The van der Waals surface area contributed by atoms with Crippen LogP contribution >= 0.6 is 122 Å². The molecule has 0 saturated heterocycles. The first-order valence-electron chi connectivity index (χ1n) is 23.0. The van der Waals surface area contributed by atoms with Crippen molar-refractivity contribution < 1.29 is 54.0 Å². The molecule has 418 valence electrons. The van der Waals surface area contributed by atoms with Crippen molar-refractivity contribution in [2.75, 3.05) is 0 Å². The van der Waals surface area contributed by atoms with Crippen LogP contribution in [0.3, 0.4) is 0 Å². The molecular weight excluding hydrogens is 1760 g/mol. The zero-order valence-corrected chi connectivity index (χ0v) is 56.6. The predicted octanol–water partition coefficient (Wildman–Crippen LogP) is 15.8. The first kappa shape index (κ1) is 65.2. The van der Waals surface area contributed by atoms with E-state index in [0.29, 0.717) is 81.0 Å². The molecule has 8 heterocycles. The third-order valence-corrected chi connectivity index (χ3v) is 12.7. The zero-order valence-electron chi connectivity index (χ0n) is 42.0. The van der Waals surface area contributed by atoms with Gasteiger partial charge in [-0.3, -0.25) is 0 Å². The summed E-state index contributed by atoms with van der Waals surface area (Å²) in [5.74, 6) is -0.567. The largest absolute Gasteiger partial charge is 0.344 e. The molecule has 4 N–H and O–H groups in total. The van der Waals surface area contributed by atoms with Crippen molar-refractivity contribution in [3.63, 3.8) is 0 Å². The number of aromatic carboxylic acids is 1. The molecule has 8 aromatic heterocycles. The number of hydrogen-bond donors (Lipinski definition) is 2. The Hall–Kier alpha value is -3.94. The van der Waals surface area contributed by atoms with E-state index >= 15 is 0 Å². The normalized spacial score (nSPS) is 13.1. The van der Waals surface area contributed by atoms with Crippen molar-refractivity contribution in [3.05, 3.63) is 173 Å². The molecule has 26 heteroatoms. The maximum absolute atomic E-state index is 13.1. The molecule has 0 radical (unpaired) electrons. The van der Waals surface area contributed by atoms with Crippen molar-refractivity contribution in [3.8, 4) is 34.2 Å². The molecule has 2 saturated carbocycles. The summed E-state index contributed by atoms with van der Waals surface area (Å²) in [6, 6.07) is 24.9. The van der Waals surface area contributed by atoms with Gasteiger partial charge in [0.1, 0.15) is 45.2 Å². The number of benzene rings is 3. The summed E-state index contributed by atoms with van der Waals surface area (Å²) in [6.45, 7) is 10.0. The summed E-state index contributed by atoms with van der Waals surface area (Å²) in [5.41, 5.74) is 10.3. The molecule has 0 spiro atoms. The van der Waals surface area contributed by atoms with Crippen molar-refractivity contribution >= 4 is 178 Å². The van der Waals surface area contributed by atoms with E-state index in [2.05, 4.69) is 135 Å². The number of halogens is 11. The molecule has 0 bridgehead atoms. The quantitative estimate of drug-likeness (QED) is 0.0859. The van der Waals surface area contributed by atoms with Gasteiger partial charge in [-0.25, -0.2) is 57.8 Å². The molecule has 2 aliphatic rings. The minimum absolute atomic E-state index is 0. The number of carboxylic acid groups (broad SMARTS) is 1. The van der Waals surface area contributed by atoms with Gasteiger partial charge in [-0.15, -0.1) is 24.0 Å². The predicted molar refractivity (Wildman–Crippen MR) is 345 cm³/mol. The van der Waals surface area contributed by atoms with Gasteiger partial charge in [0.05, 0.1) is 30.2 Å². The van der Waals surface area contributed by atoms with Crippen LogP contribution in [-0.2, 0) is 10.8 Å². The Balaban J connectivity index is 0.000000170. The summed E-state index contributed by atoms with van der Waals surface area (Å²) in [5, 5.41) is 9.50. The fourth-order valence-electron chi connectivity index (χ4n) is 7.70. The van der Waals surface area contributed by atoms with E-state index in [0.717, 1.165) is 59.2 Å². The van der Waals surface area contributed by atoms with E-state index in [-0.39, 0.29) is 74.6 Å². The van der Waals surface area contributed by atoms with Crippen LogP contribution < -0.4 is 19.4 Å². The van der Waals surface area contributed by atoms with Gasteiger partial charge in [-0.1, -0.05) is 32.0 Å². The van der Waals surface area contributed by atoms with Crippen LogP contribution in [-0.4, -0.2) is 50.9 Å². The Morgan fingerprint density at radius 2 is 0.963 bits per heavy atom. The number of carboxylic acids is 1. The average molecular weight is 1800 g/mol. The molecule has 3 aromatic carbocycles. The van der Waals surface area contributed by atoms with Crippen molar-refractivity contribution in [1.29, 1.82) is 0 Å². The number of fused-ring (bicyclic) bond motifs is 4. The van der Waals surface area contributed by atoms with Crippen LogP contribution in [0.25, 0.3) is 84.1 Å². The van der Waals surface area contributed by atoms with Crippen LogP contribution in [0.15, 0.2) is 140 Å². The first-order chi connectivity index (χ1) is 37.4. The summed E-state index contributed by atoms with van der Waals surface area (Å²) in [7, 11) is 0. The van der Waals surface area contributed by atoms with Crippen LogP contribution in [0.2, 0.25) is 10.4 Å². The van der Waals surface area contributed by atoms with E-state index in [1.807, 2.05) is 13.0 Å². The molecule has 0 unspecified atom stereocenters. The van der Waals surface area contributed by atoms with Crippen LogP contribution in [0, 0.1) is 17.5 Å². The van der Waals surface area contributed by atoms with Gasteiger partial charge < -0.3 is 28.9 Å². The summed E-state index contributed by atoms with van der Waals surface area (Å²) in [4.78, 5) is 45.7. The first-order valence-corrected chi connectivity index (χ1v) is 42.6. The Labute approximate surface area is 535 Å². The summed E-state index contributed by atoms with van der Waals surface area (Å²) >= 11 is 20.7. The summed E-state index contributed by atoms with van der Waals surface area (Å²) < 4.78 is 60.4. The molecular formula is C54H43Cl2F3I6N9O6-. The number of furan rings is 4. The van der Waals surface area contributed by atoms with Crippen molar-refractivity contribution in [1.82, 2.24) is 46.0 Å². The third kappa shape index (κ3) is 15.8. The second kappa shape index (κ2) is 29.0. The van der Waals surface area contributed by atoms with Gasteiger partial charge in [-0.2, -0.15) is 0 Å². The SMILES string of the molecule is C=C(C)c1nc(-c2ccc(F)cc2)nc2ccoc12.CC1(c2nc(-c3ccc(F)cc3)nc3cc(C(=O)O)oc23)CC1.CC1(c2nc(-c3ccc(F)cc3)nc3ccoc23)CC1.Clc1nc(Cl)c2occc2n1.I.II.I[I-]I.N. The number of allylic oxidation sites excluding steroid dienone is 1. The van der Waals surface area contributed by atoms with Crippen molar-refractivity contribution in [2.24, 2.45) is 0 Å². The van der Waals surface area contributed by atoms with E-state index in [1.165, 1.54) is 48.7 Å². The van der Waals surface area contributed by atoms with Gasteiger partial charge in [-0.05, 0) is 123 Å². The topological polar surface area (TPSA) is 228 Å². The second-order valence-corrected chi connectivity index (χ2v) is 34.9. The minimum atomic E-state index is -1.14. The van der Waals surface area contributed by atoms with Gasteiger partial charge in [0.2, 0.25) is 11.0 Å². The molecule has 2 fully saturated rings. The minimum Gasteiger partial charge on any atom is -0.344 e. The Bertz CT molecular complexity index is 3920. The molecule has 2 aliphatic carbocycles. The smallest absolute Gasteiger partial charge is 0.344 e. The maximum Gasteiger partial charge on any atom is -0.344 e. The number of rotatable bonds is 7. The van der Waals surface area contributed by atoms with Crippen LogP contribution in [0.5, 0.6) is 0 Å². The number of carbonyl (C=O) groups is 1. The third-order valence-electron chi connectivity index (χ3n) is 12.3. The zero-order chi connectivity index (χ0) is 55.9. The van der Waals surface area contributed by atoms with Gasteiger partial charge in [0.15, 0.2) is 45.0 Å². The molecule has 13 rings (SSSR count). The Kier molecular flexibility index (Phi) is 23.7. The van der Waals surface area contributed by atoms with Crippen LogP contribution in [0.4, 0.5) is 13.2 Å². The average Bonchev–Trinajstić information content (AvgIpc) is 3.98. The van der Waals surface area contributed by atoms with Crippen molar-refractivity contribution in [2.45, 2.75) is 57.3 Å². The van der Waals surface area contributed by atoms with E-state index in [9.17, 15) is 18.0 Å². The molecule has 0 amide bonds. The molecule has 0 aliphatic heterocycles. The molecule has 15 nitrogen and oxygen atoms in total. The van der Waals surface area contributed by atoms with Gasteiger partial charge in [0.25, 0.3) is 0 Å². The monoisotopic (exact) mass is 1800 g/mol. The Morgan fingerprint density at radius 3 is 1.39 bits per heavy atom. The standard InChI is InChI=1S/C17H13FN2O3.C16H13FN2O.C15H11FN2O.C6H2Cl2N2O.I3.I2.HI.H3N/c1-17(6-7-17)14-13-11(8-12(23-13)16(21)22)19-15(20-14)9-2-4-10(18)5-3-9;1-16(7-8-16)14-13-12(6-9-20-13)18-15(19-14)10-2-4-11(17)5-3-10;1-9(2)13-14-12(7-8-19-14)17-15(18-13)10-3-5-11(16)6-4-10;7-5-4-3(1-2-11-4)9-6(8)10-5;1-3-2;1-2;;/h2-5,8H,6-7H2,1H3,(H,21,22);2-6,9H,7-8H2,1H3;3-8H,1H2,2H3;1-2H;;;1H;1H3/q;;;;-1;;;. The fourth-order valence-corrected chi connectivity index (χ4v) is 8.14. The second-order valence-electron chi connectivity index (χ2n) is 18.0. The van der Waals surface area contributed by atoms with E-state index < -0.39 is 5.97 Å². The Morgan fingerprint density at radius 1 is 0.588 bits per heavy atom. The van der Waals surface area contributed by atoms with Crippen LogP contribution in [0.1, 0.15) is 74.1 Å². The maximum atomic E-state index is 13.1.